The highest BCUT2D eigenvalue weighted by molar-refractivity contribution is 5.61. The van der Waals surface area contributed by atoms with Gasteiger partial charge in [0.05, 0.1) is 5.69 Å². The van der Waals surface area contributed by atoms with Crippen LogP contribution in [-0.2, 0) is 0 Å². The molecule has 92 valence electrons. The highest BCUT2D eigenvalue weighted by Gasteiger charge is 2.22. The van der Waals surface area contributed by atoms with Gasteiger partial charge in [-0.3, -0.25) is 0 Å². The molecule has 0 saturated heterocycles. The summed E-state index contributed by atoms with van der Waals surface area (Å²) in [4.78, 5) is 2.08. The monoisotopic (exact) mass is 240 g/mol. The van der Waals surface area contributed by atoms with Crippen molar-refractivity contribution in [2.45, 2.75) is 6.23 Å². The average molecular weight is 240 g/mol. The van der Waals surface area contributed by atoms with Crippen LogP contribution in [0.3, 0.4) is 0 Å². The molecule has 2 aromatic rings. The number of hydrogen-bond acceptors (Lipinski definition) is 3. The Kier molecular flexibility index (Phi) is 2.59. The minimum Gasteiger partial charge on any atom is -0.464 e. The van der Waals surface area contributed by atoms with Gasteiger partial charge in [-0.05, 0) is 24.3 Å². The van der Waals surface area contributed by atoms with Crippen molar-refractivity contribution in [3.63, 3.8) is 0 Å². The quantitative estimate of drug-likeness (QED) is 0.872. The van der Waals surface area contributed by atoms with Crippen LogP contribution < -0.4 is 15.0 Å². The van der Waals surface area contributed by atoms with Crippen LogP contribution in [-0.4, -0.2) is 14.1 Å². The molecule has 0 saturated carbocycles. The molecule has 3 heteroatoms. The lowest BCUT2D eigenvalue weighted by atomic mass is 10.2. The molecule has 0 radical (unpaired) electrons. The van der Waals surface area contributed by atoms with E-state index in [-0.39, 0.29) is 6.23 Å². The van der Waals surface area contributed by atoms with Crippen molar-refractivity contribution in [1.82, 2.24) is 0 Å². The topological polar surface area (TPSA) is 24.5 Å². The van der Waals surface area contributed by atoms with Crippen molar-refractivity contribution in [2.24, 2.45) is 0 Å². The van der Waals surface area contributed by atoms with E-state index in [1.165, 1.54) is 5.69 Å². The second kappa shape index (κ2) is 4.26. The van der Waals surface area contributed by atoms with Crippen molar-refractivity contribution >= 4 is 11.4 Å². The molecule has 0 fully saturated rings. The first-order chi connectivity index (χ1) is 8.74. The Morgan fingerprint density at radius 3 is 2.39 bits per heavy atom. The van der Waals surface area contributed by atoms with E-state index in [0.29, 0.717) is 0 Å². The molecule has 2 aromatic carbocycles. The fourth-order valence-electron chi connectivity index (χ4n) is 2.08. The standard InChI is InChI=1S/C15H16N2O/c1-17(2)12-9-7-11(8-10-12)15-16-13-5-3-4-6-14(13)18-15/h3-10,15-16H,1-2H3/t15-/m1/s1. The van der Waals surface area contributed by atoms with Gasteiger partial charge in [-0.15, -0.1) is 0 Å². The molecule has 3 rings (SSSR count). The van der Waals surface area contributed by atoms with Crippen molar-refractivity contribution < 1.29 is 4.74 Å². The fourth-order valence-corrected chi connectivity index (χ4v) is 2.08. The molecule has 1 aliphatic heterocycles. The van der Waals surface area contributed by atoms with Gasteiger partial charge in [0, 0.05) is 25.3 Å². The molecular weight excluding hydrogens is 224 g/mol. The van der Waals surface area contributed by atoms with Crippen LogP contribution in [0.2, 0.25) is 0 Å². The summed E-state index contributed by atoms with van der Waals surface area (Å²) >= 11 is 0. The zero-order valence-corrected chi connectivity index (χ0v) is 10.6. The highest BCUT2D eigenvalue weighted by Crippen LogP contribution is 2.37. The zero-order chi connectivity index (χ0) is 12.5. The molecule has 1 atom stereocenters. The van der Waals surface area contributed by atoms with Gasteiger partial charge in [0.15, 0.2) is 6.23 Å². The van der Waals surface area contributed by atoms with Gasteiger partial charge >= 0.3 is 0 Å². The number of benzene rings is 2. The Morgan fingerprint density at radius 2 is 1.72 bits per heavy atom. The van der Waals surface area contributed by atoms with Crippen LogP contribution in [0.25, 0.3) is 0 Å². The van der Waals surface area contributed by atoms with Gasteiger partial charge in [-0.25, -0.2) is 0 Å². The number of anilines is 2. The van der Waals surface area contributed by atoms with E-state index >= 15 is 0 Å². The van der Waals surface area contributed by atoms with Crippen molar-refractivity contribution in [3.8, 4) is 5.75 Å². The number of ether oxygens (including phenoxy) is 1. The predicted molar refractivity (Wildman–Crippen MR) is 74.2 cm³/mol. The van der Waals surface area contributed by atoms with Crippen molar-refractivity contribution in [2.75, 3.05) is 24.3 Å². The largest absolute Gasteiger partial charge is 0.464 e. The van der Waals surface area contributed by atoms with Gasteiger partial charge in [0.1, 0.15) is 5.75 Å². The third kappa shape index (κ3) is 1.88. The van der Waals surface area contributed by atoms with Gasteiger partial charge in [0.2, 0.25) is 0 Å². The van der Waals surface area contributed by atoms with Crippen LogP contribution in [0.5, 0.6) is 5.75 Å². The summed E-state index contributed by atoms with van der Waals surface area (Å²) in [6, 6.07) is 16.4. The summed E-state index contributed by atoms with van der Waals surface area (Å²) in [6.45, 7) is 0. The fraction of sp³-hybridized carbons (Fsp3) is 0.200. The smallest absolute Gasteiger partial charge is 0.196 e. The lowest BCUT2D eigenvalue weighted by Gasteiger charge is -2.15. The lowest BCUT2D eigenvalue weighted by molar-refractivity contribution is 0.260. The van der Waals surface area contributed by atoms with Crippen LogP contribution >= 0.6 is 0 Å². The van der Waals surface area contributed by atoms with Crippen LogP contribution in [0, 0.1) is 0 Å². The number of fused-ring (bicyclic) bond motifs is 1. The maximum absolute atomic E-state index is 5.87. The van der Waals surface area contributed by atoms with Crippen LogP contribution in [0.1, 0.15) is 11.8 Å². The van der Waals surface area contributed by atoms with Gasteiger partial charge in [-0.2, -0.15) is 0 Å². The van der Waals surface area contributed by atoms with Crippen molar-refractivity contribution in [1.29, 1.82) is 0 Å². The van der Waals surface area contributed by atoms with E-state index in [4.69, 9.17) is 4.74 Å². The summed E-state index contributed by atoms with van der Waals surface area (Å²) in [5.41, 5.74) is 3.38. The molecule has 1 aliphatic rings. The van der Waals surface area contributed by atoms with E-state index in [1.54, 1.807) is 0 Å². The second-order valence-electron chi connectivity index (χ2n) is 4.62. The Morgan fingerprint density at radius 1 is 1.00 bits per heavy atom. The zero-order valence-electron chi connectivity index (χ0n) is 10.6. The number of hydrogen-bond donors (Lipinski definition) is 1. The van der Waals surface area contributed by atoms with E-state index in [0.717, 1.165) is 17.0 Å². The normalized spacial score (nSPS) is 16.7. The molecule has 3 nitrogen and oxygen atoms in total. The average Bonchev–Trinajstić information content (AvgIpc) is 2.82. The lowest BCUT2D eigenvalue weighted by Crippen LogP contribution is -2.11. The Bertz CT molecular complexity index is 524. The van der Waals surface area contributed by atoms with Crippen LogP contribution in [0.15, 0.2) is 48.5 Å². The third-order valence-electron chi connectivity index (χ3n) is 3.13. The number of nitrogens with zero attached hydrogens (tertiary/aromatic N) is 1. The molecule has 1 heterocycles. The van der Waals surface area contributed by atoms with E-state index in [9.17, 15) is 0 Å². The summed E-state index contributed by atoms with van der Waals surface area (Å²) < 4.78 is 5.87. The first-order valence-electron chi connectivity index (χ1n) is 6.03. The molecule has 18 heavy (non-hydrogen) atoms. The first kappa shape index (κ1) is 11.0. The molecule has 0 aromatic heterocycles. The minimum atomic E-state index is -0.0846. The number of nitrogens with one attached hydrogen (secondary N) is 1. The summed E-state index contributed by atoms with van der Waals surface area (Å²) in [7, 11) is 4.07. The first-order valence-corrected chi connectivity index (χ1v) is 6.03. The maximum atomic E-state index is 5.87. The van der Waals surface area contributed by atoms with Gasteiger partial charge < -0.3 is 15.0 Å². The molecule has 0 aliphatic carbocycles. The minimum absolute atomic E-state index is 0.0846. The van der Waals surface area contributed by atoms with Gasteiger partial charge in [0.25, 0.3) is 0 Å². The molecule has 1 N–H and O–H groups in total. The van der Waals surface area contributed by atoms with Crippen molar-refractivity contribution in [3.05, 3.63) is 54.1 Å². The van der Waals surface area contributed by atoms with Gasteiger partial charge in [-0.1, -0.05) is 24.3 Å². The molecule has 0 amide bonds. The third-order valence-corrected chi connectivity index (χ3v) is 3.13. The summed E-state index contributed by atoms with van der Waals surface area (Å²) in [5.74, 6) is 0.916. The molecule has 0 unspecified atom stereocenters. The summed E-state index contributed by atoms with van der Waals surface area (Å²) in [5, 5.41) is 3.36. The Labute approximate surface area is 107 Å². The Hall–Kier alpha value is -2.16. The SMILES string of the molecule is CN(C)c1ccc([C@@H]2Nc3ccccc3O2)cc1. The predicted octanol–water partition coefficient (Wildman–Crippen LogP) is 3.26. The molecule has 0 bridgehead atoms. The van der Waals surface area contributed by atoms with E-state index in [1.807, 2.05) is 38.4 Å². The number of rotatable bonds is 2. The second-order valence-corrected chi connectivity index (χ2v) is 4.62. The maximum Gasteiger partial charge on any atom is 0.196 e. The van der Waals surface area contributed by atoms with E-state index in [2.05, 4.69) is 34.5 Å². The highest BCUT2D eigenvalue weighted by atomic mass is 16.5. The molecular formula is C15H16N2O. The summed E-state index contributed by atoms with van der Waals surface area (Å²) in [6.07, 6.45) is -0.0846. The molecule has 0 spiro atoms. The van der Waals surface area contributed by atoms with E-state index < -0.39 is 0 Å². The Balaban J connectivity index is 1.82. The number of para-hydroxylation sites is 2. The van der Waals surface area contributed by atoms with Crippen LogP contribution in [0.4, 0.5) is 11.4 Å².